The molecule has 37 heavy (non-hydrogen) atoms. The van der Waals surface area contributed by atoms with E-state index in [0.29, 0.717) is 19.7 Å². The normalized spacial score (nSPS) is 11.5. The van der Waals surface area contributed by atoms with E-state index in [2.05, 4.69) is 23.0 Å². The molecule has 1 aromatic carbocycles. The van der Waals surface area contributed by atoms with Gasteiger partial charge in [0.1, 0.15) is 17.1 Å². The van der Waals surface area contributed by atoms with E-state index in [0.717, 1.165) is 43.4 Å². The van der Waals surface area contributed by atoms with E-state index < -0.39 is 5.60 Å². The van der Waals surface area contributed by atoms with Crippen molar-refractivity contribution in [2.75, 3.05) is 20.3 Å². The molecule has 3 heterocycles. The van der Waals surface area contributed by atoms with E-state index in [-0.39, 0.29) is 6.09 Å². The van der Waals surface area contributed by atoms with Crippen molar-refractivity contribution in [1.29, 1.82) is 0 Å². The average Bonchev–Trinajstić information content (AvgIpc) is 3.28. The molecule has 4 aromatic rings. The van der Waals surface area contributed by atoms with Crippen LogP contribution in [-0.4, -0.2) is 46.8 Å². The second-order valence-electron chi connectivity index (χ2n) is 9.95. The van der Waals surface area contributed by atoms with E-state index >= 15 is 0 Å². The molecule has 0 fully saturated rings. The molecule has 0 N–H and O–H groups in total. The third-order valence-corrected chi connectivity index (χ3v) is 6.76. The zero-order chi connectivity index (χ0) is 26.6. The van der Waals surface area contributed by atoms with E-state index in [1.165, 1.54) is 5.56 Å². The molecular formula is C29H33N3O4S. The minimum absolute atomic E-state index is 0.374. The predicted molar refractivity (Wildman–Crippen MR) is 147 cm³/mol. The van der Waals surface area contributed by atoms with Crippen LogP contribution < -0.4 is 4.74 Å². The first-order chi connectivity index (χ1) is 17.6. The number of carbonyl (C=O) groups excluding carboxylic acids is 1. The molecule has 0 bridgehead atoms. The molecule has 0 aliphatic carbocycles. The molecule has 1 amide bonds. The zero-order valence-corrected chi connectivity index (χ0v) is 23.0. The highest BCUT2D eigenvalue weighted by Gasteiger charge is 2.22. The number of nitrogens with zero attached hydrogens (tertiary/aromatic N) is 3. The minimum Gasteiger partial charge on any atom is -0.455 e. The number of amides is 1. The van der Waals surface area contributed by atoms with Crippen molar-refractivity contribution >= 4 is 27.6 Å². The highest BCUT2D eigenvalue weighted by Crippen LogP contribution is 2.39. The van der Waals surface area contributed by atoms with E-state index in [1.807, 2.05) is 64.1 Å². The highest BCUT2D eigenvalue weighted by atomic mass is 32.1. The topological polar surface area (TPSA) is 73.8 Å². The standard InChI is InChI=1S/C29H33N3O4S/c1-19-7-10-24(20(2)15-19)35-25-11-12-30-23-16-26(37-27(23)25)22-9-8-21(17-31-22)18-32(13-14-34-6)28(33)36-29(3,4)5/h7-12,15-17H,13-14,18H2,1-6H3. The van der Waals surface area contributed by atoms with Gasteiger partial charge in [-0.2, -0.15) is 0 Å². The van der Waals surface area contributed by atoms with Crippen LogP contribution in [0.4, 0.5) is 4.79 Å². The lowest BCUT2D eigenvalue weighted by atomic mass is 10.1. The Hall–Kier alpha value is -3.49. The fourth-order valence-corrected chi connectivity index (χ4v) is 4.84. The molecule has 7 nitrogen and oxygen atoms in total. The van der Waals surface area contributed by atoms with Crippen molar-refractivity contribution in [3.05, 3.63) is 71.5 Å². The quantitative estimate of drug-likeness (QED) is 0.246. The SMILES string of the molecule is COCCN(Cc1ccc(-c2cc3nccc(Oc4ccc(C)cc4C)c3s2)nc1)C(=O)OC(C)(C)C. The third kappa shape index (κ3) is 6.84. The average molecular weight is 520 g/mol. The van der Waals surface area contributed by atoms with Gasteiger partial charge in [-0.25, -0.2) is 4.79 Å². The van der Waals surface area contributed by atoms with Gasteiger partial charge in [-0.15, -0.1) is 11.3 Å². The number of thiophene rings is 1. The largest absolute Gasteiger partial charge is 0.455 e. The summed E-state index contributed by atoms with van der Waals surface area (Å²) in [6.45, 7) is 10.9. The molecule has 0 unspecified atom stereocenters. The molecule has 8 heteroatoms. The first-order valence-electron chi connectivity index (χ1n) is 12.2. The number of hydrogen-bond acceptors (Lipinski definition) is 7. The molecule has 0 atom stereocenters. The molecule has 0 aliphatic rings. The van der Waals surface area contributed by atoms with Gasteiger partial charge in [0.25, 0.3) is 0 Å². The summed E-state index contributed by atoms with van der Waals surface area (Å²) in [6.07, 6.45) is 3.18. The Morgan fingerprint density at radius 1 is 1.03 bits per heavy atom. The van der Waals surface area contributed by atoms with Crippen molar-refractivity contribution < 1.29 is 19.0 Å². The number of ether oxygens (including phenoxy) is 3. The third-order valence-electron chi connectivity index (χ3n) is 5.59. The van der Waals surface area contributed by atoms with Gasteiger partial charge < -0.3 is 19.1 Å². The Morgan fingerprint density at radius 3 is 2.51 bits per heavy atom. The van der Waals surface area contributed by atoms with Crippen LogP contribution in [0.25, 0.3) is 20.8 Å². The van der Waals surface area contributed by atoms with Crippen molar-refractivity contribution in [1.82, 2.24) is 14.9 Å². The number of carbonyl (C=O) groups is 1. The smallest absolute Gasteiger partial charge is 0.410 e. The van der Waals surface area contributed by atoms with Gasteiger partial charge in [-0.05, 0) is 63.9 Å². The number of hydrogen-bond donors (Lipinski definition) is 0. The maximum Gasteiger partial charge on any atom is 0.410 e. The van der Waals surface area contributed by atoms with Crippen LogP contribution in [0.15, 0.2) is 54.9 Å². The number of benzene rings is 1. The van der Waals surface area contributed by atoms with E-state index in [1.54, 1.807) is 35.7 Å². The number of aryl methyl sites for hydroxylation is 2. The molecule has 4 rings (SSSR count). The van der Waals surface area contributed by atoms with E-state index in [4.69, 9.17) is 14.2 Å². The second kappa shape index (κ2) is 11.3. The van der Waals surface area contributed by atoms with Crippen LogP contribution in [0, 0.1) is 13.8 Å². The Balaban J connectivity index is 1.53. The number of methoxy groups -OCH3 is 1. The van der Waals surface area contributed by atoms with E-state index in [9.17, 15) is 4.79 Å². The Morgan fingerprint density at radius 2 is 1.84 bits per heavy atom. The lowest BCUT2D eigenvalue weighted by Gasteiger charge is -2.27. The van der Waals surface area contributed by atoms with Crippen LogP contribution in [-0.2, 0) is 16.0 Å². The second-order valence-corrected chi connectivity index (χ2v) is 11.0. The summed E-state index contributed by atoms with van der Waals surface area (Å²) < 4.78 is 18.0. The number of aromatic nitrogens is 2. The van der Waals surface area contributed by atoms with Crippen LogP contribution >= 0.6 is 11.3 Å². The number of pyridine rings is 2. The summed E-state index contributed by atoms with van der Waals surface area (Å²) >= 11 is 1.60. The first-order valence-corrected chi connectivity index (χ1v) is 13.0. The van der Waals surface area contributed by atoms with Crippen LogP contribution in [0.2, 0.25) is 0 Å². The molecule has 0 saturated carbocycles. The predicted octanol–water partition coefficient (Wildman–Crippen LogP) is 7.15. The molecule has 0 spiro atoms. The minimum atomic E-state index is -0.569. The first kappa shape index (κ1) is 26.6. The number of rotatable bonds is 8. The van der Waals surface area contributed by atoms with Gasteiger partial charge in [-0.3, -0.25) is 9.97 Å². The van der Waals surface area contributed by atoms with Crippen LogP contribution in [0.3, 0.4) is 0 Å². The lowest BCUT2D eigenvalue weighted by Crippen LogP contribution is -2.38. The molecule has 0 radical (unpaired) electrons. The fourth-order valence-electron chi connectivity index (χ4n) is 3.80. The summed E-state index contributed by atoms with van der Waals surface area (Å²) in [5.74, 6) is 1.61. The van der Waals surface area contributed by atoms with Crippen molar-refractivity contribution in [3.63, 3.8) is 0 Å². The van der Waals surface area contributed by atoms with Crippen molar-refractivity contribution in [3.8, 4) is 22.1 Å². The van der Waals surface area contributed by atoms with Gasteiger partial charge in [0.05, 0.1) is 33.9 Å². The zero-order valence-electron chi connectivity index (χ0n) is 22.2. The Bertz CT molecular complexity index is 1380. The molecular weight excluding hydrogens is 486 g/mol. The summed E-state index contributed by atoms with van der Waals surface area (Å²) in [5.41, 5.74) is 4.33. The van der Waals surface area contributed by atoms with Crippen molar-refractivity contribution in [2.24, 2.45) is 0 Å². The maximum absolute atomic E-state index is 12.7. The van der Waals surface area contributed by atoms with Gasteiger partial charge >= 0.3 is 6.09 Å². The Labute approximate surface area is 222 Å². The molecule has 3 aromatic heterocycles. The fraction of sp³-hybridized carbons (Fsp3) is 0.345. The monoisotopic (exact) mass is 519 g/mol. The van der Waals surface area contributed by atoms with Gasteiger partial charge in [0, 0.05) is 32.1 Å². The maximum atomic E-state index is 12.7. The highest BCUT2D eigenvalue weighted by molar-refractivity contribution is 7.22. The van der Waals surface area contributed by atoms with Gasteiger partial charge in [0.2, 0.25) is 0 Å². The summed E-state index contributed by atoms with van der Waals surface area (Å²) in [5, 5.41) is 0. The Kier molecular flexibility index (Phi) is 8.10. The molecule has 0 saturated heterocycles. The van der Waals surface area contributed by atoms with Crippen molar-refractivity contribution in [2.45, 2.75) is 46.8 Å². The summed E-state index contributed by atoms with van der Waals surface area (Å²) in [6, 6.07) is 14.0. The van der Waals surface area contributed by atoms with Crippen LogP contribution in [0.1, 0.15) is 37.5 Å². The van der Waals surface area contributed by atoms with Gasteiger partial charge in [-0.1, -0.05) is 23.8 Å². The summed E-state index contributed by atoms with van der Waals surface area (Å²) in [7, 11) is 1.61. The number of fused-ring (bicyclic) bond motifs is 1. The lowest BCUT2D eigenvalue weighted by molar-refractivity contribution is 0.0184. The van der Waals surface area contributed by atoms with Gasteiger partial charge in [0.15, 0.2) is 0 Å². The summed E-state index contributed by atoms with van der Waals surface area (Å²) in [4.78, 5) is 24.5. The molecule has 0 aliphatic heterocycles. The molecule has 194 valence electrons. The van der Waals surface area contributed by atoms with Crippen LogP contribution in [0.5, 0.6) is 11.5 Å².